The molecular weight excluding hydrogens is 238 g/mol. The summed E-state index contributed by atoms with van der Waals surface area (Å²) in [5, 5.41) is 8.15. The van der Waals surface area contributed by atoms with Gasteiger partial charge in [0.05, 0.1) is 11.4 Å². The number of nitrogens with zero attached hydrogens (tertiary/aromatic N) is 3. The van der Waals surface area contributed by atoms with Crippen molar-refractivity contribution in [2.75, 3.05) is 30.7 Å². The van der Waals surface area contributed by atoms with E-state index in [0.717, 1.165) is 30.3 Å². The lowest BCUT2D eigenvalue weighted by atomic mass is 10.1. The standard InChI is InChI=1S/C14H27N5/c1-5-18-8-6-7-12(9-18)16-14-13(15)11(4)17-19(14)10(2)3/h10,12,16H,5-9,15H2,1-4H3. The first-order chi connectivity index (χ1) is 9.02. The number of likely N-dealkylation sites (N-methyl/N-ethyl adjacent to an activating group) is 1. The minimum atomic E-state index is 0.323. The van der Waals surface area contributed by atoms with Gasteiger partial charge in [-0.2, -0.15) is 5.10 Å². The Bertz CT molecular complexity index is 424. The molecule has 0 aliphatic carbocycles. The highest BCUT2D eigenvalue weighted by Gasteiger charge is 2.22. The first-order valence-corrected chi connectivity index (χ1v) is 7.36. The molecule has 19 heavy (non-hydrogen) atoms. The number of likely N-dealkylation sites (tertiary alicyclic amines) is 1. The lowest BCUT2D eigenvalue weighted by Gasteiger charge is -2.33. The van der Waals surface area contributed by atoms with Gasteiger partial charge in [0.15, 0.2) is 0 Å². The molecule has 3 N–H and O–H groups in total. The maximum Gasteiger partial charge on any atom is 0.148 e. The van der Waals surface area contributed by atoms with Crippen molar-refractivity contribution >= 4 is 11.5 Å². The maximum absolute atomic E-state index is 6.17. The molecule has 0 spiro atoms. The molecule has 0 bridgehead atoms. The maximum atomic E-state index is 6.17. The van der Waals surface area contributed by atoms with Gasteiger partial charge in [-0.05, 0) is 46.7 Å². The number of nitrogen functional groups attached to an aromatic ring is 1. The molecule has 108 valence electrons. The average Bonchev–Trinajstić information content (AvgIpc) is 2.67. The molecule has 0 saturated carbocycles. The van der Waals surface area contributed by atoms with E-state index in [1.807, 2.05) is 11.6 Å². The molecular formula is C14H27N5. The monoisotopic (exact) mass is 265 g/mol. The van der Waals surface area contributed by atoms with E-state index in [4.69, 9.17) is 5.73 Å². The van der Waals surface area contributed by atoms with E-state index in [9.17, 15) is 0 Å². The van der Waals surface area contributed by atoms with Crippen molar-refractivity contribution in [1.82, 2.24) is 14.7 Å². The number of piperidine rings is 1. The van der Waals surface area contributed by atoms with Crippen LogP contribution in [0.5, 0.6) is 0 Å². The second-order valence-corrected chi connectivity index (χ2v) is 5.76. The van der Waals surface area contributed by atoms with Gasteiger partial charge in [-0.15, -0.1) is 0 Å². The van der Waals surface area contributed by atoms with Gasteiger partial charge < -0.3 is 16.0 Å². The number of nitrogens with two attached hydrogens (primary N) is 1. The van der Waals surface area contributed by atoms with Crippen LogP contribution in [-0.4, -0.2) is 40.4 Å². The SMILES string of the molecule is CCN1CCCC(Nc2c(N)c(C)nn2C(C)C)C1. The quantitative estimate of drug-likeness (QED) is 0.876. The van der Waals surface area contributed by atoms with Gasteiger partial charge >= 0.3 is 0 Å². The molecule has 0 radical (unpaired) electrons. The lowest BCUT2D eigenvalue weighted by molar-refractivity contribution is 0.226. The van der Waals surface area contributed by atoms with Crippen molar-refractivity contribution < 1.29 is 0 Å². The van der Waals surface area contributed by atoms with Crippen molar-refractivity contribution in [2.24, 2.45) is 0 Å². The van der Waals surface area contributed by atoms with Crippen LogP contribution in [-0.2, 0) is 0 Å². The normalized spacial score (nSPS) is 21.0. The molecule has 0 aromatic carbocycles. The molecule has 1 atom stereocenters. The molecule has 1 unspecified atom stereocenters. The topological polar surface area (TPSA) is 59.1 Å². The van der Waals surface area contributed by atoms with Gasteiger partial charge in [-0.3, -0.25) is 0 Å². The Balaban J connectivity index is 2.14. The van der Waals surface area contributed by atoms with Crippen LogP contribution >= 0.6 is 0 Å². The first-order valence-electron chi connectivity index (χ1n) is 7.36. The molecule has 1 saturated heterocycles. The van der Waals surface area contributed by atoms with Crippen LogP contribution in [0.4, 0.5) is 11.5 Å². The van der Waals surface area contributed by atoms with Crippen LogP contribution in [0.2, 0.25) is 0 Å². The number of hydrogen-bond donors (Lipinski definition) is 2. The van der Waals surface area contributed by atoms with Gasteiger partial charge in [0.1, 0.15) is 5.82 Å². The summed E-state index contributed by atoms with van der Waals surface area (Å²) in [6, 6.07) is 0.800. The Morgan fingerprint density at radius 1 is 1.47 bits per heavy atom. The minimum absolute atomic E-state index is 0.323. The summed E-state index contributed by atoms with van der Waals surface area (Å²) in [7, 11) is 0. The summed E-state index contributed by atoms with van der Waals surface area (Å²) in [6.45, 7) is 11.9. The van der Waals surface area contributed by atoms with Crippen LogP contribution in [0, 0.1) is 6.92 Å². The Hall–Kier alpha value is -1.23. The van der Waals surface area contributed by atoms with Crippen LogP contribution in [0.1, 0.15) is 45.3 Å². The van der Waals surface area contributed by atoms with E-state index < -0.39 is 0 Å². The molecule has 1 aliphatic heterocycles. The van der Waals surface area contributed by atoms with Crippen molar-refractivity contribution in [3.05, 3.63) is 5.69 Å². The summed E-state index contributed by atoms with van der Waals surface area (Å²) in [6.07, 6.45) is 2.46. The number of rotatable bonds is 4. The highest BCUT2D eigenvalue weighted by Crippen LogP contribution is 2.27. The van der Waals surface area contributed by atoms with E-state index >= 15 is 0 Å². The fourth-order valence-corrected chi connectivity index (χ4v) is 2.73. The first kappa shape index (κ1) is 14.2. The summed E-state index contributed by atoms with van der Waals surface area (Å²) >= 11 is 0. The van der Waals surface area contributed by atoms with Gasteiger partial charge in [-0.25, -0.2) is 4.68 Å². The average molecular weight is 265 g/mol. The van der Waals surface area contributed by atoms with Crippen LogP contribution in [0.3, 0.4) is 0 Å². The molecule has 1 aliphatic rings. The summed E-state index contributed by atoms with van der Waals surface area (Å²) in [5.41, 5.74) is 7.88. The fourth-order valence-electron chi connectivity index (χ4n) is 2.73. The van der Waals surface area contributed by atoms with Crippen LogP contribution < -0.4 is 11.1 Å². The number of anilines is 2. The lowest BCUT2D eigenvalue weighted by Crippen LogP contribution is -2.42. The van der Waals surface area contributed by atoms with E-state index in [-0.39, 0.29) is 0 Å². The highest BCUT2D eigenvalue weighted by molar-refractivity contribution is 5.65. The molecule has 2 heterocycles. The van der Waals surface area contributed by atoms with E-state index in [1.165, 1.54) is 19.4 Å². The second-order valence-electron chi connectivity index (χ2n) is 5.76. The second kappa shape index (κ2) is 5.82. The van der Waals surface area contributed by atoms with Gasteiger partial charge in [0.25, 0.3) is 0 Å². The molecule has 5 nitrogen and oxygen atoms in total. The Kier molecular flexibility index (Phi) is 4.34. The van der Waals surface area contributed by atoms with Crippen molar-refractivity contribution in [1.29, 1.82) is 0 Å². The smallest absolute Gasteiger partial charge is 0.148 e. The number of aryl methyl sites for hydroxylation is 1. The Morgan fingerprint density at radius 2 is 2.21 bits per heavy atom. The third kappa shape index (κ3) is 3.03. The largest absolute Gasteiger partial charge is 0.394 e. The van der Waals surface area contributed by atoms with Crippen molar-refractivity contribution in [3.63, 3.8) is 0 Å². The third-order valence-electron chi connectivity index (χ3n) is 3.91. The zero-order valence-corrected chi connectivity index (χ0v) is 12.6. The predicted molar refractivity (Wildman–Crippen MR) is 80.5 cm³/mol. The predicted octanol–water partition coefficient (Wildman–Crippen LogP) is 2.25. The Morgan fingerprint density at radius 3 is 2.84 bits per heavy atom. The highest BCUT2D eigenvalue weighted by atomic mass is 15.4. The van der Waals surface area contributed by atoms with Crippen molar-refractivity contribution in [2.45, 2.75) is 52.6 Å². The summed E-state index contributed by atoms with van der Waals surface area (Å²) in [5.74, 6) is 0.996. The third-order valence-corrected chi connectivity index (χ3v) is 3.91. The molecule has 5 heteroatoms. The fraction of sp³-hybridized carbons (Fsp3) is 0.786. The minimum Gasteiger partial charge on any atom is -0.394 e. The number of nitrogens with one attached hydrogen (secondary N) is 1. The zero-order valence-electron chi connectivity index (χ0n) is 12.6. The molecule has 2 rings (SSSR count). The van der Waals surface area contributed by atoms with E-state index in [1.54, 1.807) is 0 Å². The van der Waals surface area contributed by atoms with Gasteiger partial charge in [0.2, 0.25) is 0 Å². The van der Waals surface area contributed by atoms with E-state index in [0.29, 0.717) is 12.1 Å². The molecule has 1 aromatic rings. The van der Waals surface area contributed by atoms with E-state index in [2.05, 4.69) is 36.1 Å². The van der Waals surface area contributed by atoms with Crippen molar-refractivity contribution in [3.8, 4) is 0 Å². The summed E-state index contributed by atoms with van der Waals surface area (Å²) < 4.78 is 2.01. The molecule has 1 fully saturated rings. The summed E-state index contributed by atoms with van der Waals surface area (Å²) in [4.78, 5) is 2.49. The van der Waals surface area contributed by atoms with Gasteiger partial charge in [0, 0.05) is 18.6 Å². The molecule has 1 aromatic heterocycles. The van der Waals surface area contributed by atoms with Gasteiger partial charge in [-0.1, -0.05) is 6.92 Å². The Labute approximate surface area is 116 Å². The zero-order chi connectivity index (χ0) is 14.0. The number of hydrogen-bond acceptors (Lipinski definition) is 4. The van der Waals surface area contributed by atoms with Crippen LogP contribution in [0.15, 0.2) is 0 Å². The molecule has 0 amide bonds. The number of aromatic nitrogens is 2. The van der Waals surface area contributed by atoms with Crippen LogP contribution in [0.25, 0.3) is 0 Å².